The first-order valence-electron chi connectivity index (χ1n) is 8.14. The largest absolute Gasteiger partial charge is 0.370 e. The molecule has 130 valence electrons. The quantitative estimate of drug-likeness (QED) is 0.691. The number of thiol groups is 1. The van der Waals surface area contributed by atoms with Crippen LogP contribution in [0.4, 0.5) is 11.5 Å². The van der Waals surface area contributed by atoms with Crippen molar-refractivity contribution in [3.63, 3.8) is 0 Å². The number of nitrogens with one attached hydrogen (secondary N) is 1. The summed E-state index contributed by atoms with van der Waals surface area (Å²) in [4.78, 5) is 16.7. The minimum atomic E-state index is -2.53. The molecule has 0 spiro atoms. The third kappa shape index (κ3) is 2.93. The van der Waals surface area contributed by atoms with E-state index in [0.29, 0.717) is 10.9 Å². The molecule has 4 rings (SSSR count). The summed E-state index contributed by atoms with van der Waals surface area (Å²) >= 11 is 0. The van der Waals surface area contributed by atoms with Crippen LogP contribution in [-0.4, -0.2) is 49.5 Å². The molecule has 1 N–H and O–H groups in total. The molecule has 0 aliphatic carbocycles. The fourth-order valence-corrected chi connectivity index (χ4v) is 3.77. The number of rotatable bonds is 4. The summed E-state index contributed by atoms with van der Waals surface area (Å²) < 4.78 is 22.1. The van der Waals surface area contributed by atoms with Gasteiger partial charge in [-0.3, -0.25) is 0 Å². The number of aromatic amines is 1. The molecule has 0 radical (unpaired) electrons. The van der Waals surface area contributed by atoms with Crippen LogP contribution in [0.2, 0.25) is 0 Å². The van der Waals surface area contributed by atoms with Crippen molar-refractivity contribution in [1.29, 1.82) is 0 Å². The van der Waals surface area contributed by atoms with E-state index in [4.69, 9.17) is 0 Å². The van der Waals surface area contributed by atoms with E-state index in [1.165, 1.54) is 0 Å². The number of nitrogens with zero attached hydrogens (tertiary/aromatic N) is 4. The lowest BCUT2D eigenvalue weighted by Crippen LogP contribution is -2.34. The van der Waals surface area contributed by atoms with E-state index in [-0.39, 0.29) is 0 Å². The number of anilines is 2. The maximum Gasteiger partial charge on any atom is 0.168 e. The first kappa shape index (κ1) is 15.9. The van der Waals surface area contributed by atoms with E-state index in [0.717, 1.165) is 42.0 Å². The summed E-state index contributed by atoms with van der Waals surface area (Å²) in [7, 11) is -0.483. The molecule has 1 aromatic carbocycles. The Bertz CT molecular complexity index is 959. The first-order valence-corrected chi connectivity index (χ1v) is 9.31. The molecule has 1 atom stereocenters. The Kier molecular flexibility index (Phi) is 4.04. The summed E-state index contributed by atoms with van der Waals surface area (Å²) in [6, 6.07) is 9.37. The molecule has 0 bridgehead atoms. The molecule has 0 amide bonds. The van der Waals surface area contributed by atoms with E-state index in [9.17, 15) is 8.42 Å². The van der Waals surface area contributed by atoms with Gasteiger partial charge in [0.1, 0.15) is 17.8 Å². The van der Waals surface area contributed by atoms with Crippen LogP contribution < -0.4 is 9.80 Å². The van der Waals surface area contributed by atoms with E-state index in [1.807, 2.05) is 31.4 Å². The van der Waals surface area contributed by atoms with E-state index >= 15 is 0 Å². The van der Waals surface area contributed by atoms with Crippen LogP contribution in [0.15, 0.2) is 47.8 Å². The summed E-state index contributed by atoms with van der Waals surface area (Å²) in [5.41, 5.74) is 1.87. The van der Waals surface area contributed by atoms with Gasteiger partial charge in [0, 0.05) is 38.1 Å². The second kappa shape index (κ2) is 6.36. The molecule has 3 heterocycles. The average molecular weight is 357 g/mol. The van der Waals surface area contributed by atoms with Crippen molar-refractivity contribution >= 4 is 33.2 Å². The summed E-state index contributed by atoms with van der Waals surface area (Å²) in [6.07, 6.45) is 4.49. The third-order valence-electron chi connectivity index (χ3n) is 4.81. The summed E-state index contributed by atoms with van der Waals surface area (Å²) in [5.74, 6) is 0.959. The van der Waals surface area contributed by atoms with Crippen molar-refractivity contribution < 1.29 is 8.42 Å². The SMILES string of the molecule is CN(c1ccc([SH](=O)=O)cc1)[C@@H]1CCN(c2ncnc3[nH]ccc23)C1. The minimum absolute atomic E-state index is 0.343. The fraction of sp³-hybridized carbons (Fsp3) is 0.294. The molecule has 25 heavy (non-hydrogen) atoms. The predicted molar refractivity (Wildman–Crippen MR) is 97.9 cm³/mol. The molecular formula is C17H19N5O2S. The molecule has 1 fully saturated rings. The zero-order valence-corrected chi connectivity index (χ0v) is 14.7. The second-order valence-corrected chi connectivity index (χ2v) is 7.24. The van der Waals surface area contributed by atoms with Crippen molar-refractivity contribution in [2.45, 2.75) is 17.4 Å². The molecule has 1 saturated heterocycles. The van der Waals surface area contributed by atoms with Gasteiger partial charge >= 0.3 is 0 Å². The van der Waals surface area contributed by atoms with Crippen molar-refractivity contribution in [2.75, 3.05) is 29.9 Å². The first-order chi connectivity index (χ1) is 12.1. The number of hydrogen-bond acceptors (Lipinski definition) is 6. The van der Waals surface area contributed by atoms with Crippen LogP contribution in [0, 0.1) is 0 Å². The Labute approximate surface area is 147 Å². The van der Waals surface area contributed by atoms with Gasteiger partial charge in [-0.1, -0.05) is 0 Å². The van der Waals surface area contributed by atoms with Crippen LogP contribution in [-0.2, 0) is 10.7 Å². The van der Waals surface area contributed by atoms with Crippen LogP contribution >= 0.6 is 0 Å². The van der Waals surface area contributed by atoms with Gasteiger partial charge in [-0.25, -0.2) is 18.4 Å². The molecule has 3 aromatic rings. The zero-order chi connectivity index (χ0) is 17.4. The summed E-state index contributed by atoms with van der Waals surface area (Å²) in [5, 5.41) is 1.04. The number of benzene rings is 1. The summed E-state index contributed by atoms with van der Waals surface area (Å²) in [6.45, 7) is 1.79. The highest BCUT2D eigenvalue weighted by molar-refractivity contribution is 7.72. The Morgan fingerprint density at radius 1 is 1.20 bits per heavy atom. The normalized spacial score (nSPS) is 17.5. The van der Waals surface area contributed by atoms with E-state index < -0.39 is 10.7 Å². The maximum atomic E-state index is 11.0. The number of aromatic nitrogens is 3. The highest BCUT2D eigenvalue weighted by Crippen LogP contribution is 2.28. The minimum Gasteiger partial charge on any atom is -0.370 e. The van der Waals surface area contributed by atoms with Gasteiger partial charge in [0.25, 0.3) is 0 Å². The van der Waals surface area contributed by atoms with Crippen molar-refractivity contribution in [1.82, 2.24) is 15.0 Å². The van der Waals surface area contributed by atoms with Crippen molar-refractivity contribution in [2.24, 2.45) is 0 Å². The van der Waals surface area contributed by atoms with Gasteiger partial charge < -0.3 is 14.8 Å². The van der Waals surface area contributed by atoms with Gasteiger partial charge in [0.15, 0.2) is 10.7 Å². The molecule has 1 aliphatic rings. The van der Waals surface area contributed by atoms with Crippen LogP contribution in [0.25, 0.3) is 11.0 Å². The highest BCUT2D eigenvalue weighted by atomic mass is 32.2. The monoisotopic (exact) mass is 357 g/mol. The Balaban J connectivity index is 1.53. The van der Waals surface area contributed by atoms with Crippen molar-refractivity contribution in [3.05, 3.63) is 42.9 Å². The lowest BCUT2D eigenvalue weighted by atomic mass is 10.2. The van der Waals surface area contributed by atoms with Crippen LogP contribution in [0.3, 0.4) is 0 Å². The van der Waals surface area contributed by atoms with E-state index in [2.05, 4.69) is 24.8 Å². The number of H-pyrrole nitrogens is 1. The average Bonchev–Trinajstić information content (AvgIpc) is 3.30. The van der Waals surface area contributed by atoms with Crippen LogP contribution in [0.5, 0.6) is 0 Å². The second-order valence-electron chi connectivity index (χ2n) is 6.21. The molecule has 8 heteroatoms. The smallest absolute Gasteiger partial charge is 0.168 e. The van der Waals surface area contributed by atoms with Crippen LogP contribution in [0.1, 0.15) is 6.42 Å². The van der Waals surface area contributed by atoms with E-state index in [1.54, 1.807) is 18.5 Å². The molecule has 0 unspecified atom stereocenters. The van der Waals surface area contributed by atoms with Crippen molar-refractivity contribution in [3.8, 4) is 0 Å². The number of hydrogen-bond donors (Lipinski definition) is 2. The molecule has 2 aromatic heterocycles. The zero-order valence-electron chi connectivity index (χ0n) is 13.8. The Morgan fingerprint density at radius 3 is 2.76 bits per heavy atom. The molecule has 0 saturated carbocycles. The third-order valence-corrected chi connectivity index (χ3v) is 5.53. The van der Waals surface area contributed by atoms with Gasteiger partial charge in [-0.2, -0.15) is 0 Å². The van der Waals surface area contributed by atoms with Gasteiger partial charge in [0.05, 0.1) is 10.3 Å². The predicted octanol–water partition coefficient (Wildman–Crippen LogP) is 1.64. The van der Waals surface area contributed by atoms with Gasteiger partial charge in [-0.15, -0.1) is 0 Å². The lowest BCUT2D eigenvalue weighted by Gasteiger charge is -2.27. The Hall–Kier alpha value is -2.61. The fourth-order valence-electron chi connectivity index (χ4n) is 3.38. The highest BCUT2D eigenvalue weighted by Gasteiger charge is 2.28. The maximum absolute atomic E-state index is 11.0. The van der Waals surface area contributed by atoms with Gasteiger partial charge in [-0.05, 0) is 36.8 Å². The van der Waals surface area contributed by atoms with Gasteiger partial charge in [0.2, 0.25) is 0 Å². The molecule has 7 nitrogen and oxygen atoms in total. The number of likely N-dealkylation sites (N-methyl/N-ethyl adjacent to an activating group) is 1. The molecule has 1 aliphatic heterocycles. The topological polar surface area (TPSA) is 82.2 Å². The standard InChI is InChI=1S/C17H19N5O2S/c1-21(12-2-4-14(5-3-12)25(23)24)13-7-9-22(10-13)17-15-6-8-18-16(15)19-11-20-17/h2-6,8,11,13,25H,7,9-10H2,1H3,(H,18,19,20)/t13-/m1/s1. The Morgan fingerprint density at radius 2 is 2.00 bits per heavy atom. The lowest BCUT2D eigenvalue weighted by molar-refractivity contribution is 0.614. The number of fused-ring (bicyclic) bond motifs is 1. The molecular weight excluding hydrogens is 338 g/mol.